The van der Waals surface area contributed by atoms with E-state index in [9.17, 15) is 4.79 Å². The standard InChI is InChI=1S/C16H19NO/c1-12(2)16(17)10-8-14(9-11-16)15(18)13-6-4-3-5-7-13/h3-12,14H,17H2,1-2H3. The molecule has 0 amide bonds. The van der Waals surface area contributed by atoms with Gasteiger partial charge in [0.15, 0.2) is 5.78 Å². The molecule has 1 aromatic carbocycles. The van der Waals surface area contributed by atoms with Gasteiger partial charge in [-0.15, -0.1) is 0 Å². The lowest BCUT2D eigenvalue weighted by Gasteiger charge is -2.30. The lowest BCUT2D eigenvalue weighted by Crippen LogP contribution is -2.42. The van der Waals surface area contributed by atoms with Crippen molar-refractivity contribution >= 4 is 5.78 Å². The molecule has 1 aliphatic carbocycles. The summed E-state index contributed by atoms with van der Waals surface area (Å²) in [6.45, 7) is 4.15. The molecule has 0 aromatic heterocycles. The fourth-order valence-electron chi connectivity index (χ4n) is 2.01. The zero-order valence-corrected chi connectivity index (χ0v) is 10.8. The summed E-state index contributed by atoms with van der Waals surface area (Å²) in [5, 5.41) is 0. The first kappa shape index (κ1) is 12.8. The first-order valence-electron chi connectivity index (χ1n) is 6.30. The lowest BCUT2D eigenvalue weighted by atomic mass is 9.80. The molecule has 0 aliphatic heterocycles. The van der Waals surface area contributed by atoms with Crippen molar-refractivity contribution in [3.8, 4) is 0 Å². The first-order chi connectivity index (χ1) is 8.53. The van der Waals surface area contributed by atoms with E-state index in [0.717, 1.165) is 5.56 Å². The number of carbonyl (C=O) groups is 1. The van der Waals surface area contributed by atoms with E-state index in [1.807, 2.05) is 54.6 Å². The molecule has 0 spiro atoms. The Morgan fingerprint density at radius 1 is 1.17 bits per heavy atom. The number of rotatable bonds is 3. The van der Waals surface area contributed by atoms with Gasteiger partial charge in [0.2, 0.25) is 0 Å². The summed E-state index contributed by atoms with van der Waals surface area (Å²) in [4.78, 5) is 12.2. The maximum atomic E-state index is 12.2. The van der Waals surface area contributed by atoms with E-state index in [0.29, 0.717) is 5.92 Å². The molecule has 0 saturated carbocycles. The van der Waals surface area contributed by atoms with Crippen molar-refractivity contribution in [2.75, 3.05) is 0 Å². The van der Waals surface area contributed by atoms with E-state index in [1.54, 1.807) is 0 Å². The zero-order valence-electron chi connectivity index (χ0n) is 10.8. The third kappa shape index (κ3) is 2.44. The number of nitrogens with two attached hydrogens (primary N) is 1. The van der Waals surface area contributed by atoms with Gasteiger partial charge < -0.3 is 5.73 Å². The largest absolute Gasteiger partial charge is 0.318 e. The molecule has 2 heteroatoms. The van der Waals surface area contributed by atoms with Crippen LogP contribution in [0.3, 0.4) is 0 Å². The van der Waals surface area contributed by atoms with Gasteiger partial charge in [-0.25, -0.2) is 0 Å². The Balaban J connectivity index is 2.16. The van der Waals surface area contributed by atoms with Crippen molar-refractivity contribution in [2.45, 2.75) is 19.4 Å². The second-order valence-electron chi connectivity index (χ2n) is 5.13. The van der Waals surface area contributed by atoms with Crippen LogP contribution in [0.4, 0.5) is 0 Å². The van der Waals surface area contributed by atoms with Gasteiger partial charge in [0, 0.05) is 5.56 Å². The summed E-state index contributed by atoms with van der Waals surface area (Å²) < 4.78 is 0. The average Bonchev–Trinajstić information content (AvgIpc) is 2.40. The van der Waals surface area contributed by atoms with Gasteiger partial charge in [-0.2, -0.15) is 0 Å². The van der Waals surface area contributed by atoms with Gasteiger partial charge in [0.05, 0.1) is 11.5 Å². The zero-order chi connectivity index (χ0) is 13.2. The Morgan fingerprint density at radius 2 is 1.72 bits per heavy atom. The van der Waals surface area contributed by atoms with E-state index in [-0.39, 0.29) is 11.7 Å². The molecule has 2 nitrogen and oxygen atoms in total. The van der Waals surface area contributed by atoms with Crippen LogP contribution in [-0.4, -0.2) is 11.3 Å². The number of carbonyl (C=O) groups excluding carboxylic acids is 1. The number of benzene rings is 1. The molecule has 0 heterocycles. The van der Waals surface area contributed by atoms with Crippen LogP contribution in [0, 0.1) is 11.8 Å². The first-order valence-corrected chi connectivity index (χ1v) is 6.30. The normalized spacial score (nSPS) is 26.6. The summed E-state index contributed by atoms with van der Waals surface area (Å²) in [6, 6.07) is 9.36. The Bertz CT molecular complexity index is 471. The predicted octanol–water partition coefficient (Wildman–Crippen LogP) is 2.97. The molecule has 0 unspecified atom stereocenters. The van der Waals surface area contributed by atoms with Crippen molar-refractivity contribution < 1.29 is 4.79 Å². The summed E-state index contributed by atoms with van der Waals surface area (Å²) in [5.74, 6) is 0.245. The monoisotopic (exact) mass is 241 g/mol. The molecular formula is C16H19NO. The second kappa shape index (κ2) is 4.91. The lowest BCUT2D eigenvalue weighted by molar-refractivity contribution is 0.0963. The molecule has 2 rings (SSSR count). The van der Waals surface area contributed by atoms with Crippen LogP contribution in [0.2, 0.25) is 0 Å². The Kier molecular flexibility index (Phi) is 3.48. The van der Waals surface area contributed by atoms with E-state index in [4.69, 9.17) is 5.73 Å². The molecule has 94 valence electrons. The van der Waals surface area contributed by atoms with Gasteiger partial charge >= 0.3 is 0 Å². The Morgan fingerprint density at radius 3 is 2.22 bits per heavy atom. The predicted molar refractivity (Wildman–Crippen MR) is 74.3 cm³/mol. The fraction of sp³-hybridized carbons (Fsp3) is 0.312. The van der Waals surface area contributed by atoms with Crippen LogP contribution in [0.15, 0.2) is 54.6 Å². The van der Waals surface area contributed by atoms with Gasteiger partial charge in [-0.05, 0) is 5.92 Å². The molecule has 0 fully saturated rings. The summed E-state index contributed by atoms with van der Waals surface area (Å²) in [7, 11) is 0. The minimum absolute atomic E-state index is 0.119. The van der Waals surface area contributed by atoms with Gasteiger partial charge in [0.25, 0.3) is 0 Å². The SMILES string of the molecule is CC(C)C1(N)C=CC(C(=O)c2ccccc2)C=C1. The highest BCUT2D eigenvalue weighted by Gasteiger charge is 2.27. The van der Waals surface area contributed by atoms with E-state index >= 15 is 0 Å². The Hall–Kier alpha value is -1.67. The third-order valence-electron chi connectivity index (χ3n) is 3.55. The van der Waals surface area contributed by atoms with Gasteiger partial charge in [-0.3, -0.25) is 4.79 Å². The summed E-state index contributed by atoms with van der Waals surface area (Å²) in [5.41, 5.74) is 6.54. The molecule has 0 saturated heterocycles. The molecule has 18 heavy (non-hydrogen) atoms. The van der Waals surface area contributed by atoms with Crippen LogP contribution >= 0.6 is 0 Å². The molecule has 0 atom stereocenters. The number of hydrogen-bond acceptors (Lipinski definition) is 2. The van der Waals surface area contributed by atoms with Crippen molar-refractivity contribution in [2.24, 2.45) is 17.6 Å². The Labute approximate surface area is 108 Å². The number of allylic oxidation sites excluding steroid dienone is 2. The second-order valence-corrected chi connectivity index (χ2v) is 5.13. The topological polar surface area (TPSA) is 43.1 Å². The minimum Gasteiger partial charge on any atom is -0.318 e. The molecule has 1 aliphatic rings. The molecular weight excluding hydrogens is 222 g/mol. The smallest absolute Gasteiger partial charge is 0.173 e. The van der Waals surface area contributed by atoms with E-state index in [2.05, 4.69) is 13.8 Å². The van der Waals surface area contributed by atoms with Crippen LogP contribution in [-0.2, 0) is 0 Å². The quantitative estimate of drug-likeness (QED) is 0.653. The third-order valence-corrected chi connectivity index (χ3v) is 3.55. The fourth-order valence-corrected chi connectivity index (χ4v) is 2.01. The van der Waals surface area contributed by atoms with Crippen LogP contribution in [0.5, 0.6) is 0 Å². The average molecular weight is 241 g/mol. The molecule has 2 N–H and O–H groups in total. The molecule has 1 aromatic rings. The van der Waals surface area contributed by atoms with E-state index in [1.165, 1.54) is 0 Å². The maximum Gasteiger partial charge on any atom is 0.173 e. The molecule has 0 radical (unpaired) electrons. The minimum atomic E-state index is -0.423. The summed E-state index contributed by atoms with van der Waals surface area (Å²) >= 11 is 0. The van der Waals surface area contributed by atoms with E-state index < -0.39 is 5.54 Å². The van der Waals surface area contributed by atoms with Crippen molar-refractivity contribution in [3.05, 3.63) is 60.2 Å². The van der Waals surface area contributed by atoms with Crippen molar-refractivity contribution in [3.63, 3.8) is 0 Å². The highest BCUT2D eigenvalue weighted by atomic mass is 16.1. The number of ketones is 1. The number of hydrogen-bond donors (Lipinski definition) is 1. The molecule has 0 bridgehead atoms. The highest BCUT2D eigenvalue weighted by molar-refractivity contribution is 6.00. The van der Waals surface area contributed by atoms with Crippen molar-refractivity contribution in [1.82, 2.24) is 0 Å². The summed E-state index contributed by atoms with van der Waals surface area (Å²) in [6.07, 6.45) is 7.72. The van der Waals surface area contributed by atoms with Gasteiger partial charge in [-0.1, -0.05) is 68.5 Å². The van der Waals surface area contributed by atoms with Gasteiger partial charge in [0.1, 0.15) is 0 Å². The highest BCUT2D eigenvalue weighted by Crippen LogP contribution is 2.25. The van der Waals surface area contributed by atoms with Crippen molar-refractivity contribution in [1.29, 1.82) is 0 Å². The van der Waals surface area contributed by atoms with Crippen LogP contribution in [0.25, 0.3) is 0 Å². The number of Topliss-reactive ketones (excluding diaryl/α,β-unsaturated/α-hetero) is 1. The van der Waals surface area contributed by atoms with Crippen LogP contribution < -0.4 is 5.73 Å². The maximum absolute atomic E-state index is 12.2. The van der Waals surface area contributed by atoms with Crippen LogP contribution in [0.1, 0.15) is 24.2 Å².